The van der Waals surface area contributed by atoms with Gasteiger partial charge in [0.15, 0.2) is 22.5 Å². The van der Waals surface area contributed by atoms with E-state index < -0.39 is 65.7 Å². The largest absolute Gasteiger partial charge is 0.481 e. The van der Waals surface area contributed by atoms with Crippen LogP contribution in [0.2, 0.25) is 0 Å². The number of ether oxygens (including phenoxy) is 1. The van der Waals surface area contributed by atoms with E-state index >= 15 is 13.2 Å². The number of fused-ring (bicyclic) bond motifs is 1. The molecule has 10 nitrogen and oxygen atoms in total. The highest BCUT2D eigenvalue weighted by atomic mass is 32.1. The Morgan fingerprint density at radius 2 is 2.02 bits per heavy atom. The first kappa shape index (κ1) is 32.0. The summed E-state index contributed by atoms with van der Waals surface area (Å²) in [4.78, 5) is 36.7. The standard InChI is InChI=1S/C29H33F4N5O5S/c1-4-43-26(40)20-17(35-24(25-34-9-11-44-25)36-22(20)15-6-5-7-16(30)21(15)31)12-38-14-29(32,33)23-18(38)8-10-37(23)13-19(39)28(2,3)27(41)42/h5-7,9,11,18-19,22-23,39H,4,8,10,12-14H2,1-3H3,(H,35,36)(H,41,42)/t18-,19-,22+,23+/m0/s1. The molecule has 0 aliphatic carbocycles. The summed E-state index contributed by atoms with van der Waals surface area (Å²) >= 11 is 1.21. The highest BCUT2D eigenvalue weighted by Crippen LogP contribution is 2.43. The summed E-state index contributed by atoms with van der Waals surface area (Å²) in [6, 6.07) is 0.136. The van der Waals surface area contributed by atoms with Crippen LogP contribution in [0.4, 0.5) is 17.6 Å². The fourth-order valence-electron chi connectivity index (χ4n) is 6.00. The van der Waals surface area contributed by atoms with Crippen LogP contribution in [-0.2, 0) is 14.3 Å². The Balaban J connectivity index is 1.51. The van der Waals surface area contributed by atoms with Crippen LogP contribution in [0.1, 0.15) is 43.8 Å². The molecule has 0 saturated carbocycles. The fourth-order valence-corrected chi connectivity index (χ4v) is 6.59. The van der Waals surface area contributed by atoms with Crippen molar-refractivity contribution in [2.24, 2.45) is 10.4 Å². The SMILES string of the molecule is CCOC(=O)C1=C(CN2CC(F)(F)[C@H]3[C@@H]2CCN3C[C@H](O)C(C)(C)C(=O)O)NC(c2nccs2)=N[C@@H]1c1cccc(F)c1F. The molecule has 5 rings (SSSR count). The number of halogens is 4. The number of hydrogen-bond acceptors (Lipinski definition) is 10. The maximum Gasteiger partial charge on any atom is 0.338 e. The van der Waals surface area contributed by atoms with Crippen LogP contribution in [-0.4, -0.2) is 99.7 Å². The predicted molar refractivity (Wildman–Crippen MR) is 152 cm³/mol. The number of esters is 1. The summed E-state index contributed by atoms with van der Waals surface area (Å²) in [5.74, 6) is -7.53. The van der Waals surface area contributed by atoms with Crippen LogP contribution >= 0.6 is 11.3 Å². The molecule has 4 atom stereocenters. The molecular weight excluding hydrogens is 606 g/mol. The highest BCUT2D eigenvalue weighted by Gasteiger charge is 2.60. The quantitative estimate of drug-likeness (QED) is 0.265. The summed E-state index contributed by atoms with van der Waals surface area (Å²) in [7, 11) is 0. The molecule has 3 aliphatic rings. The highest BCUT2D eigenvalue weighted by molar-refractivity contribution is 7.11. The lowest BCUT2D eigenvalue weighted by Crippen LogP contribution is -2.51. The molecule has 0 amide bonds. The van der Waals surface area contributed by atoms with E-state index in [2.05, 4.69) is 15.3 Å². The normalized spacial score (nSPS) is 24.5. The van der Waals surface area contributed by atoms with Crippen molar-refractivity contribution < 1.29 is 42.1 Å². The number of rotatable bonds is 10. The number of aliphatic hydroxyl groups excluding tert-OH is 1. The Morgan fingerprint density at radius 1 is 1.27 bits per heavy atom. The summed E-state index contributed by atoms with van der Waals surface area (Å²) in [5, 5.41) is 25.2. The Kier molecular flexibility index (Phi) is 8.86. The number of thiazole rings is 1. The van der Waals surface area contributed by atoms with Gasteiger partial charge in [-0.05, 0) is 33.3 Å². The van der Waals surface area contributed by atoms with Crippen molar-refractivity contribution in [3.63, 3.8) is 0 Å². The molecule has 2 aromatic rings. The van der Waals surface area contributed by atoms with Crippen LogP contribution in [0, 0.1) is 17.0 Å². The van der Waals surface area contributed by atoms with Crippen molar-refractivity contribution in [2.45, 2.75) is 57.3 Å². The number of benzene rings is 1. The minimum atomic E-state index is -3.24. The fraction of sp³-hybridized carbons (Fsp3) is 0.517. The van der Waals surface area contributed by atoms with Crippen molar-refractivity contribution in [2.75, 3.05) is 32.8 Å². The van der Waals surface area contributed by atoms with Gasteiger partial charge in [0.1, 0.15) is 6.04 Å². The van der Waals surface area contributed by atoms with Crippen molar-refractivity contribution in [3.8, 4) is 0 Å². The van der Waals surface area contributed by atoms with E-state index in [1.807, 2.05) is 0 Å². The monoisotopic (exact) mass is 639 g/mol. The van der Waals surface area contributed by atoms with Gasteiger partial charge < -0.3 is 20.3 Å². The van der Waals surface area contributed by atoms with Crippen molar-refractivity contribution in [1.82, 2.24) is 20.1 Å². The van der Waals surface area contributed by atoms with E-state index in [0.717, 1.165) is 6.07 Å². The first-order chi connectivity index (χ1) is 20.8. The van der Waals surface area contributed by atoms with Crippen LogP contribution in [0.5, 0.6) is 0 Å². The number of hydrogen-bond donors (Lipinski definition) is 3. The first-order valence-corrected chi connectivity index (χ1v) is 15.0. The average molecular weight is 640 g/mol. The second kappa shape index (κ2) is 12.2. The molecule has 15 heteroatoms. The maximum atomic E-state index is 15.6. The van der Waals surface area contributed by atoms with Gasteiger partial charge in [0.05, 0.1) is 36.3 Å². The molecule has 0 spiro atoms. The number of alkyl halides is 2. The number of aliphatic imine (C=N–C) groups is 1. The van der Waals surface area contributed by atoms with Crippen molar-refractivity contribution in [3.05, 3.63) is 63.3 Å². The lowest BCUT2D eigenvalue weighted by molar-refractivity contribution is -0.155. The van der Waals surface area contributed by atoms with Gasteiger partial charge in [0.25, 0.3) is 5.92 Å². The number of amidine groups is 1. The molecular formula is C29H33F4N5O5S. The zero-order valence-corrected chi connectivity index (χ0v) is 25.1. The molecule has 0 radical (unpaired) electrons. The molecule has 0 bridgehead atoms. The smallest absolute Gasteiger partial charge is 0.338 e. The molecule has 2 saturated heterocycles. The number of likely N-dealkylation sites (tertiary alicyclic amines) is 2. The number of carbonyl (C=O) groups is 2. The van der Waals surface area contributed by atoms with Crippen molar-refractivity contribution in [1.29, 1.82) is 0 Å². The average Bonchev–Trinajstić information content (AvgIpc) is 3.69. The first-order valence-electron chi connectivity index (χ1n) is 14.1. The van der Waals surface area contributed by atoms with Crippen LogP contribution in [0.3, 0.4) is 0 Å². The molecule has 238 valence electrons. The third-order valence-corrected chi connectivity index (χ3v) is 9.25. The number of carbonyl (C=O) groups excluding carboxylic acids is 1. The lowest BCUT2D eigenvalue weighted by Gasteiger charge is -2.34. The van der Waals surface area contributed by atoms with Crippen LogP contribution in [0.25, 0.3) is 0 Å². The number of carboxylic acid groups (broad SMARTS) is 1. The molecule has 4 heterocycles. The number of aliphatic hydroxyl groups is 1. The van der Waals surface area contributed by atoms with E-state index in [1.165, 1.54) is 53.3 Å². The second-order valence-corrected chi connectivity index (χ2v) is 12.5. The lowest BCUT2D eigenvalue weighted by atomic mass is 9.86. The Hall–Kier alpha value is -3.40. The molecule has 1 aromatic carbocycles. The number of aromatic nitrogens is 1. The summed E-state index contributed by atoms with van der Waals surface area (Å²) in [5.41, 5.74) is -1.78. The van der Waals surface area contributed by atoms with Gasteiger partial charge in [-0.25, -0.2) is 27.3 Å². The van der Waals surface area contributed by atoms with Gasteiger partial charge in [-0.3, -0.25) is 19.6 Å². The van der Waals surface area contributed by atoms with Gasteiger partial charge in [0.2, 0.25) is 0 Å². The number of carboxylic acids is 1. The molecule has 0 unspecified atom stereocenters. The van der Waals surface area contributed by atoms with E-state index in [1.54, 1.807) is 12.3 Å². The summed E-state index contributed by atoms with van der Waals surface area (Å²) in [6.07, 6.45) is 0.406. The number of aliphatic carboxylic acids is 1. The van der Waals surface area contributed by atoms with Gasteiger partial charge in [-0.1, -0.05) is 12.1 Å². The molecule has 1 aromatic heterocycles. The zero-order chi connectivity index (χ0) is 32.0. The van der Waals surface area contributed by atoms with E-state index in [-0.39, 0.29) is 55.3 Å². The minimum absolute atomic E-state index is 0.0342. The second-order valence-electron chi connectivity index (χ2n) is 11.6. The Morgan fingerprint density at radius 3 is 2.68 bits per heavy atom. The predicted octanol–water partition coefficient (Wildman–Crippen LogP) is 3.20. The molecule has 3 N–H and O–H groups in total. The Labute approximate surface area is 255 Å². The van der Waals surface area contributed by atoms with E-state index in [9.17, 15) is 24.2 Å². The van der Waals surface area contributed by atoms with E-state index in [4.69, 9.17) is 4.74 Å². The third-order valence-electron chi connectivity index (χ3n) is 8.47. The van der Waals surface area contributed by atoms with Gasteiger partial charge in [0, 0.05) is 48.5 Å². The van der Waals surface area contributed by atoms with E-state index in [0.29, 0.717) is 5.01 Å². The van der Waals surface area contributed by atoms with Crippen molar-refractivity contribution >= 4 is 29.1 Å². The van der Waals surface area contributed by atoms with Gasteiger partial charge in [-0.15, -0.1) is 11.3 Å². The molecule has 3 aliphatic heterocycles. The number of nitrogens with one attached hydrogen (secondary N) is 1. The number of nitrogens with zero attached hydrogens (tertiary/aromatic N) is 4. The zero-order valence-electron chi connectivity index (χ0n) is 24.3. The number of β-amino-alcohol motifs (C(OH)–C–C–N with tert-alkyl or cyclic N) is 1. The summed E-state index contributed by atoms with van der Waals surface area (Å²) < 4.78 is 66.1. The van der Waals surface area contributed by atoms with Gasteiger partial charge in [-0.2, -0.15) is 0 Å². The maximum absolute atomic E-state index is 15.6. The minimum Gasteiger partial charge on any atom is -0.481 e. The molecule has 44 heavy (non-hydrogen) atoms. The Bertz CT molecular complexity index is 1480. The third kappa shape index (κ3) is 5.85. The topological polar surface area (TPSA) is 128 Å². The summed E-state index contributed by atoms with van der Waals surface area (Å²) in [6.45, 7) is 3.24. The van der Waals surface area contributed by atoms with Gasteiger partial charge >= 0.3 is 11.9 Å². The van der Waals surface area contributed by atoms with Crippen LogP contribution < -0.4 is 5.32 Å². The molecule has 2 fully saturated rings. The van der Waals surface area contributed by atoms with Crippen LogP contribution in [0.15, 0.2) is 46.0 Å².